The molecular formula is C28H33FN8O2. The summed E-state index contributed by atoms with van der Waals surface area (Å²) in [6.45, 7) is 2.89. The van der Waals surface area contributed by atoms with Crippen molar-refractivity contribution in [3.63, 3.8) is 0 Å². The van der Waals surface area contributed by atoms with E-state index in [0.717, 1.165) is 10.2 Å². The zero-order valence-electron chi connectivity index (χ0n) is 22.2. The van der Waals surface area contributed by atoms with E-state index in [1.54, 1.807) is 60.7 Å². The van der Waals surface area contributed by atoms with Gasteiger partial charge >= 0.3 is 5.69 Å². The number of halogens is 1. The number of para-hydroxylation sites is 2. The van der Waals surface area contributed by atoms with Crippen LogP contribution in [0.25, 0.3) is 5.69 Å². The van der Waals surface area contributed by atoms with E-state index in [2.05, 4.69) is 15.4 Å². The Kier molecular flexibility index (Phi) is 8.30. The summed E-state index contributed by atoms with van der Waals surface area (Å²) in [5, 5.41) is 15.4. The molecule has 0 aliphatic carbocycles. The summed E-state index contributed by atoms with van der Waals surface area (Å²) in [7, 11) is 3.83. The Hall–Kier alpha value is -4.64. The molecule has 4 aromatic rings. The molecule has 0 bridgehead atoms. The minimum atomic E-state index is -0.894. The van der Waals surface area contributed by atoms with Crippen LogP contribution >= 0.6 is 0 Å². The van der Waals surface area contributed by atoms with Gasteiger partial charge in [-0.25, -0.2) is 9.18 Å². The Bertz CT molecular complexity index is 1510. The predicted molar refractivity (Wildman–Crippen MR) is 151 cm³/mol. The van der Waals surface area contributed by atoms with E-state index in [1.807, 2.05) is 25.9 Å². The standard InChI is InChI=1S/C28H33FN8O2/c1-4-17-15-20(24(29)23(16-17)39-14-13-36(2)3)25(33-19-11-9-18(10-12-19)26(31)32)27-34-28(38)37(35-27)22-8-6-5-7-21(22)30/h5-12,15-16,25,33H,4,13-14,30H2,1-3H3,(H3,31,32)(H,34,35,38). The second kappa shape index (κ2) is 11.8. The number of rotatable bonds is 11. The lowest BCUT2D eigenvalue weighted by atomic mass is 10.00. The summed E-state index contributed by atoms with van der Waals surface area (Å²) < 4.78 is 23.0. The third-order valence-electron chi connectivity index (χ3n) is 6.22. The number of nitrogens with two attached hydrogens (primary N) is 2. The Morgan fingerprint density at radius 1 is 1.21 bits per heavy atom. The molecule has 0 radical (unpaired) electrons. The maximum Gasteiger partial charge on any atom is 0.348 e. The molecule has 7 N–H and O–H groups in total. The van der Waals surface area contributed by atoms with Gasteiger partial charge in [0, 0.05) is 23.4 Å². The molecule has 0 amide bonds. The zero-order chi connectivity index (χ0) is 28.1. The van der Waals surface area contributed by atoms with Crippen LogP contribution in [0.2, 0.25) is 0 Å². The number of hydrogen-bond acceptors (Lipinski definition) is 7. The van der Waals surface area contributed by atoms with E-state index in [0.29, 0.717) is 42.2 Å². The molecule has 3 aromatic carbocycles. The molecule has 1 aromatic heterocycles. The Labute approximate surface area is 225 Å². The van der Waals surface area contributed by atoms with Gasteiger partial charge in [-0.2, -0.15) is 4.68 Å². The maximum absolute atomic E-state index is 16.0. The van der Waals surface area contributed by atoms with Crippen molar-refractivity contribution < 1.29 is 9.13 Å². The average Bonchev–Trinajstić information content (AvgIpc) is 3.29. The normalized spacial score (nSPS) is 11.9. The topological polar surface area (TPSA) is 151 Å². The number of anilines is 2. The van der Waals surface area contributed by atoms with Crippen LogP contribution in [0.3, 0.4) is 0 Å². The van der Waals surface area contributed by atoms with Crippen LogP contribution in [-0.2, 0) is 6.42 Å². The van der Waals surface area contributed by atoms with E-state index >= 15 is 4.39 Å². The summed E-state index contributed by atoms with van der Waals surface area (Å²) in [5.41, 5.74) is 14.2. The van der Waals surface area contributed by atoms with Crippen LogP contribution in [0.5, 0.6) is 5.75 Å². The second-order valence-corrected chi connectivity index (χ2v) is 9.36. The van der Waals surface area contributed by atoms with Gasteiger partial charge in [0.15, 0.2) is 17.4 Å². The van der Waals surface area contributed by atoms with E-state index in [4.69, 9.17) is 21.6 Å². The molecule has 1 atom stereocenters. The first-order valence-electron chi connectivity index (χ1n) is 12.5. The zero-order valence-corrected chi connectivity index (χ0v) is 22.2. The smallest absolute Gasteiger partial charge is 0.348 e. The van der Waals surface area contributed by atoms with Gasteiger partial charge in [0.25, 0.3) is 0 Å². The number of H-pyrrole nitrogens is 1. The number of nitrogens with zero attached hydrogens (tertiary/aromatic N) is 3. The summed E-state index contributed by atoms with van der Waals surface area (Å²) in [4.78, 5) is 17.7. The third kappa shape index (κ3) is 6.27. The number of nitrogens with one attached hydrogen (secondary N) is 3. The lowest BCUT2D eigenvalue weighted by molar-refractivity contribution is 0.251. The van der Waals surface area contributed by atoms with Crippen molar-refractivity contribution in [2.24, 2.45) is 5.73 Å². The fourth-order valence-electron chi connectivity index (χ4n) is 4.06. The maximum atomic E-state index is 16.0. The highest BCUT2D eigenvalue weighted by molar-refractivity contribution is 5.95. The van der Waals surface area contributed by atoms with Crippen LogP contribution in [0, 0.1) is 11.2 Å². The minimum absolute atomic E-state index is 0.0668. The van der Waals surface area contributed by atoms with E-state index < -0.39 is 17.5 Å². The number of aromatic nitrogens is 3. The van der Waals surface area contributed by atoms with Crippen molar-refractivity contribution in [1.82, 2.24) is 19.7 Å². The number of likely N-dealkylation sites (N-methyl/N-ethyl adjacent to an activating group) is 1. The Morgan fingerprint density at radius 3 is 2.56 bits per heavy atom. The van der Waals surface area contributed by atoms with Crippen molar-refractivity contribution in [2.75, 3.05) is 38.3 Å². The molecule has 0 saturated heterocycles. The molecule has 39 heavy (non-hydrogen) atoms. The summed E-state index contributed by atoms with van der Waals surface area (Å²) in [5.74, 6) is -0.314. The van der Waals surface area contributed by atoms with Crippen LogP contribution in [-0.4, -0.2) is 52.7 Å². The van der Waals surface area contributed by atoms with Gasteiger partial charge in [-0.15, -0.1) is 5.10 Å². The number of nitrogen functional groups attached to an aromatic ring is 2. The molecule has 204 valence electrons. The number of aromatic amines is 1. The molecule has 11 heteroatoms. The summed E-state index contributed by atoms with van der Waals surface area (Å²) >= 11 is 0. The summed E-state index contributed by atoms with van der Waals surface area (Å²) in [6, 6.07) is 16.2. The molecule has 0 spiro atoms. The fraction of sp³-hybridized carbons (Fsp3) is 0.250. The SMILES string of the molecule is CCc1cc(OCCN(C)C)c(F)c(C(Nc2ccc(C(=N)N)cc2)c2nn(-c3ccccc3N)c(=O)[nH]2)c1. The lowest BCUT2D eigenvalue weighted by Gasteiger charge is -2.21. The van der Waals surface area contributed by atoms with Gasteiger partial charge < -0.3 is 26.4 Å². The van der Waals surface area contributed by atoms with Crippen molar-refractivity contribution in [1.29, 1.82) is 5.41 Å². The molecule has 0 fully saturated rings. The number of amidine groups is 1. The molecular weight excluding hydrogens is 499 g/mol. The molecule has 4 rings (SSSR count). The van der Waals surface area contributed by atoms with Gasteiger partial charge in [0.2, 0.25) is 0 Å². The van der Waals surface area contributed by atoms with Crippen LogP contribution in [0.4, 0.5) is 15.8 Å². The molecule has 0 saturated carbocycles. The van der Waals surface area contributed by atoms with Crippen LogP contribution in [0.15, 0.2) is 65.5 Å². The first-order chi connectivity index (χ1) is 18.7. The summed E-state index contributed by atoms with van der Waals surface area (Å²) in [6.07, 6.45) is 0.642. The monoisotopic (exact) mass is 532 g/mol. The molecule has 0 aliphatic rings. The Morgan fingerprint density at radius 2 is 1.92 bits per heavy atom. The second-order valence-electron chi connectivity index (χ2n) is 9.36. The minimum Gasteiger partial charge on any atom is -0.489 e. The van der Waals surface area contributed by atoms with Crippen LogP contribution < -0.4 is 27.2 Å². The van der Waals surface area contributed by atoms with E-state index in [-0.39, 0.29) is 23.0 Å². The average molecular weight is 533 g/mol. The highest BCUT2D eigenvalue weighted by atomic mass is 19.1. The van der Waals surface area contributed by atoms with E-state index in [1.165, 1.54) is 0 Å². The van der Waals surface area contributed by atoms with Crippen molar-refractivity contribution in [3.05, 3.63) is 99.5 Å². The molecule has 1 unspecified atom stereocenters. The number of benzene rings is 3. The van der Waals surface area contributed by atoms with Gasteiger partial charge in [-0.3, -0.25) is 10.4 Å². The quantitative estimate of drug-likeness (QED) is 0.113. The van der Waals surface area contributed by atoms with Gasteiger partial charge in [-0.1, -0.05) is 25.1 Å². The third-order valence-corrected chi connectivity index (χ3v) is 6.22. The van der Waals surface area contributed by atoms with Crippen molar-refractivity contribution >= 4 is 17.2 Å². The molecule has 1 heterocycles. The number of ether oxygens (including phenoxy) is 1. The highest BCUT2D eigenvalue weighted by Crippen LogP contribution is 2.33. The first kappa shape index (κ1) is 27.4. The van der Waals surface area contributed by atoms with Gasteiger partial charge in [0.05, 0.1) is 11.4 Å². The van der Waals surface area contributed by atoms with Gasteiger partial charge in [0.1, 0.15) is 18.5 Å². The van der Waals surface area contributed by atoms with Crippen molar-refractivity contribution in [2.45, 2.75) is 19.4 Å². The molecule has 10 nitrogen and oxygen atoms in total. The Balaban J connectivity index is 1.82. The first-order valence-corrected chi connectivity index (χ1v) is 12.5. The van der Waals surface area contributed by atoms with Crippen LogP contribution in [0.1, 0.15) is 35.5 Å². The fourth-order valence-corrected chi connectivity index (χ4v) is 4.06. The largest absolute Gasteiger partial charge is 0.489 e. The van der Waals surface area contributed by atoms with Gasteiger partial charge in [-0.05, 0) is 68.5 Å². The number of hydrogen-bond donors (Lipinski definition) is 5. The molecule has 0 aliphatic heterocycles. The lowest BCUT2D eigenvalue weighted by Crippen LogP contribution is -2.21. The van der Waals surface area contributed by atoms with E-state index in [9.17, 15) is 4.79 Å². The van der Waals surface area contributed by atoms with Crippen molar-refractivity contribution in [3.8, 4) is 11.4 Å². The highest BCUT2D eigenvalue weighted by Gasteiger charge is 2.26. The predicted octanol–water partition coefficient (Wildman–Crippen LogP) is 3.27. The number of aryl methyl sites for hydroxylation is 1.